The van der Waals surface area contributed by atoms with E-state index < -0.39 is 0 Å². The van der Waals surface area contributed by atoms with Crippen LogP contribution in [0.5, 0.6) is 0 Å². The number of rotatable bonds is 8. The Bertz CT molecular complexity index is 135. The second-order valence-electron chi connectivity index (χ2n) is 3.79. The molecule has 0 radical (unpaired) electrons. The predicted molar refractivity (Wildman–Crippen MR) is 64.9 cm³/mol. The van der Waals surface area contributed by atoms with Gasteiger partial charge in [0, 0.05) is 25.7 Å². The highest BCUT2D eigenvalue weighted by Crippen LogP contribution is 2.06. The first-order valence-corrected chi connectivity index (χ1v) is 6.44. The highest BCUT2D eigenvalue weighted by Gasteiger charge is 2.12. The van der Waals surface area contributed by atoms with Crippen LogP contribution >= 0.6 is 11.8 Å². The van der Waals surface area contributed by atoms with Crippen LogP contribution in [-0.4, -0.2) is 56.3 Å². The Kier molecular flexibility index (Phi) is 8.67. The Morgan fingerprint density at radius 2 is 2.14 bits per heavy atom. The fourth-order valence-electron chi connectivity index (χ4n) is 1.33. The van der Waals surface area contributed by atoms with E-state index in [0.29, 0.717) is 12.6 Å². The monoisotopic (exact) mass is 220 g/mol. The second-order valence-corrected chi connectivity index (χ2v) is 4.77. The van der Waals surface area contributed by atoms with Gasteiger partial charge in [-0.05, 0) is 32.4 Å². The SMILES string of the molecule is COCC(N)CN(C)C(C)CCSC. The van der Waals surface area contributed by atoms with Crippen molar-refractivity contribution in [1.82, 2.24) is 4.90 Å². The van der Waals surface area contributed by atoms with Crippen LogP contribution in [0.25, 0.3) is 0 Å². The fraction of sp³-hybridized carbons (Fsp3) is 1.00. The number of likely N-dealkylation sites (N-methyl/N-ethyl adjacent to an activating group) is 1. The first-order chi connectivity index (χ1) is 6.61. The van der Waals surface area contributed by atoms with Crippen LogP contribution in [0.1, 0.15) is 13.3 Å². The van der Waals surface area contributed by atoms with Gasteiger partial charge in [-0.2, -0.15) is 11.8 Å². The molecule has 0 amide bonds. The molecule has 0 aromatic rings. The molecule has 86 valence electrons. The number of hydrogen-bond donors (Lipinski definition) is 1. The zero-order valence-corrected chi connectivity index (χ0v) is 10.6. The average molecular weight is 220 g/mol. The maximum absolute atomic E-state index is 5.88. The molecule has 2 N–H and O–H groups in total. The van der Waals surface area contributed by atoms with Gasteiger partial charge in [0.15, 0.2) is 0 Å². The minimum atomic E-state index is 0.127. The Labute approximate surface area is 92.4 Å². The quantitative estimate of drug-likeness (QED) is 0.663. The standard InChI is InChI=1S/C10H24N2OS/c1-9(5-6-14-4)12(2)7-10(11)8-13-3/h9-10H,5-8,11H2,1-4H3. The van der Waals surface area contributed by atoms with Crippen molar-refractivity contribution in [3.8, 4) is 0 Å². The highest BCUT2D eigenvalue weighted by atomic mass is 32.2. The van der Waals surface area contributed by atoms with Crippen molar-refractivity contribution in [2.45, 2.75) is 25.4 Å². The van der Waals surface area contributed by atoms with Gasteiger partial charge in [-0.25, -0.2) is 0 Å². The van der Waals surface area contributed by atoms with Crippen LogP contribution in [0.3, 0.4) is 0 Å². The number of nitrogens with two attached hydrogens (primary N) is 1. The maximum atomic E-state index is 5.88. The first kappa shape index (κ1) is 14.2. The van der Waals surface area contributed by atoms with Crippen molar-refractivity contribution in [3.63, 3.8) is 0 Å². The first-order valence-electron chi connectivity index (χ1n) is 5.05. The predicted octanol–water partition coefficient (Wildman–Crippen LogP) is 1.03. The smallest absolute Gasteiger partial charge is 0.0626 e. The summed E-state index contributed by atoms with van der Waals surface area (Å²) >= 11 is 1.89. The van der Waals surface area contributed by atoms with E-state index in [1.807, 2.05) is 11.8 Å². The normalized spacial score (nSPS) is 15.9. The summed E-state index contributed by atoms with van der Waals surface area (Å²) in [4.78, 5) is 2.31. The minimum absolute atomic E-state index is 0.127. The molecule has 14 heavy (non-hydrogen) atoms. The number of nitrogens with zero attached hydrogens (tertiary/aromatic N) is 1. The molecule has 0 aliphatic heterocycles. The summed E-state index contributed by atoms with van der Waals surface area (Å²) < 4.78 is 5.01. The second kappa shape index (κ2) is 8.53. The molecular weight excluding hydrogens is 196 g/mol. The van der Waals surface area contributed by atoms with Crippen LogP contribution in [-0.2, 0) is 4.74 Å². The molecule has 0 bridgehead atoms. The third kappa shape index (κ3) is 6.65. The summed E-state index contributed by atoms with van der Waals surface area (Å²) in [6.45, 7) is 3.79. The topological polar surface area (TPSA) is 38.5 Å². The van der Waals surface area contributed by atoms with Gasteiger partial charge in [0.2, 0.25) is 0 Å². The molecule has 0 aromatic carbocycles. The molecule has 4 heteroatoms. The molecule has 2 unspecified atom stereocenters. The lowest BCUT2D eigenvalue weighted by Gasteiger charge is -2.27. The van der Waals surface area contributed by atoms with Gasteiger partial charge in [0.25, 0.3) is 0 Å². The van der Waals surface area contributed by atoms with Gasteiger partial charge in [-0.15, -0.1) is 0 Å². The van der Waals surface area contributed by atoms with E-state index in [4.69, 9.17) is 10.5 Å². The largest absolute Gasteiger partial charge is 0.383 e. The summed E-state index contributed by atoms with van der Waals surface area (Å²) in [5.41, 5.74) is 5.88. The van der Waals surface area contributed by atoms with E-state index in [1.54, 1.807) is 7.11 Å². The van der Waals surface area contributed by atoms with Gasteiger partial charge in [-0.1, -0.05) is 0 Å². The molecule has 0 aromatic heterocycles. The summed E-state index contributed by atoms with van der Waals surface area (Å²) in [7, 11) is 3.82. The Hall–Kier alpha value is 0.230. The Morgan fingerprint density at radius 1 is 1.50 bits per heavy atom. The number of ether oxygens (including phenoxy) is 1. The lowest BCUT2D eigenvalue weighted by Crippen LogP contribution is -2.42. The molecule has 0 aliphatic carbocycles. The third-order valence-electron chi connectivity index (χ3n) is 2.40. The minimum Gasteiger partial charge on any atom is -0.383 e. The van der Waals surface area contributed by atoms with Crippen LogP contribution in [0.15, 0.2) is 0 Å². The van der Waals surface area contributed by atoms with E-state index in [1.165, 1.54) is 12.2 Å². The van der Waals surface area contributed by atoms with Crippen LogP contribution < -0.4 is 5.73 Å². The fourth-order valence-corrected chi connectivity index (χ4v) is 1.90. The molecule has 0 aliphatic rings. The van der Waals surface area contributed by atoms with Crippen LogP contribution in [0.4, 0.5) is 0 Å². The molecule has 0 spiro atoms. The van der Waals surface area contributed by atoms with E-state index in [0.717, 1.165) is 6.54 Å². The Balaban J connectivity index is 3.64. The summed E-state index contributed by atoms with van der Waals surface area (Å²) in [5, 5.41) is 0. The number of hydrogen-bond acceptors (Lipinski definition) is 4. The van der Waals surface area contributed by atoms with Gasteiger partial charge >= 0.3 is 0 Å². The zero-order valence-electron chi connectivity index (χ0n) is 9.82. The van der Waals surface area contributed by atoms with Crippen molar-refractivity contribution >= 4 is 11.8 Å². The number of thioether (sulfide) groups is 1. The van der Waals surface area contributed by atoms with E-state index in [9.17, 15) is 0 Å². The summed E-state index contributed by atoms with van der Waals surface area (Å²) in [5.74, 6) is 1.21. The van der Waals surface area contributed by atoms with E-state index >= 15 is 0 Å². The summed E-state index contributed by atoms with van der Waals surface area (Å²) in [6.07, 6.45) is 3.36. The van der Waals surface area contributed by atoms with Crippen molar-refractivity contribution in [1.29, 1.82) is 0 Å². The van der Waals surface area contributed by atoms with Crippen LogP contribution in [0.2, 0.25) is 0 Å². The molecule has 0 rings (SSSR count). The van der Waals surface area contributed by atoms with Gasteiger partial charge < -0.3 is 15.4 Å². The number of methoxy groups -OCH3 is 1. The molecule has 0 heterocycles. The molecule has 0 saturated heterocycles. The highest BCUT2D eigenvalue weighted by molar-refractivity contribution is 7.98. The van der Waals surface area contributed by atoms with Crippen molar-refractivity contribution < 1.29 is 4.74 Å². The maximum Gasteiger partial charge on any atom is 0.0626 e. The van der Waals surface area contributed by atoms with Crippen molar-refractivity contribution in [3.05, 3.63) is 0 Å². The van der Waals surface area contributed by atoms with Gasteiger partial charge in [0.05, 0.1) is 6.61 Å². The van der Waals surface area contributed by atoms with Gasteiger partial charge in [0.1, 0.15) is 0 Å². The van der Waals surface area contributed by atoms with Crippen molar-refractivity contribution in [2.75, 3.05) is 39.3 Å². The zero-order chi connectivity index (χ0) is 11.0. The molecule has 0 saturated carbocycles. The van der Waals surface area contributed by atoms with E-state index in [2.05, 4.69) is 25.1 Å². The molecular formula is C10H24N2OS. The lowest BCUT2D eigenvalue weighted by molar-refractivity contribution is 0.149. The van der Waals surface area contributed by atoms with Crippen LogP contribution in [0, 0.1) is 0 Å². The molecule has 3 nitrogen and oxygen atoms in total. The Morgan fingerprint density at radius 3 is 2.64 bits per heavy atom. The third-order valence-corrected chi connectivity index (χ3v) is 3.04. The average Bonchev–Trinajstić information content (AvgIpc) is 2.14. The van der Waals surface area contributed by atoms with Gasteiger partial charge in [-0.3, -0.25) is 0 Å². The summed E-state index contributed by atoms with van der Waals surface area (Å²) in [6, 6.07) is 0.729. The molecule has 0 fully saturated rings. The lowest BCUT2D eigenvalue weighted by atomic mass is 10.2. The van der Waals surface area contributed by atoms with Crippen molar-refractivity contribution in [2.24, 2.45) is 5.73 Å². The molecule has 2 atom stereocenters. The van der Waals surface area contributed by atoms with E-state index in [-0.39, 0.29) is 6.04 Å².